The fourth-order valence-corrected chi connectivity index (χ4v) is 5.12. The summed E-state index contributed by atoms with van der Waals surface area (Å²) in [4.78, 5) is 11.7. The number of halogens is 1. The fourth-order valence-electron chi connectivity index (χ4n) is 5.12. The second kappa shape index (κ2) is 8.86. The summed E-state index contributed by atoms with van der Waals surface area (Å²) in [6, 6.07) is 14.4. The molecular weight excluding hydrogens is 463 g/mol. The third-order valence-corrected chi connectivity index (χ3v) is 6.97. The number of nitrogens with zero attached hydrogens (tertiary/aromatic N) is 2. The lowest BCUT2D eigenvalue weighted by molar-refractivity contribution is -0.141. The van der Waals surface area contributed by atoms with Crippen LogP contribution in [0, 0.1) is 5.82 Å². The molecule has 0 saturated carbocycles. The molecule has 2 atom stereocenters. The van der Waals surface area contributed by atoms with Crippen LogP contribution in [0.3, 0.4) is 0 Å². The molecule has 1 aromatic heterocycles. The Kier molecular flexibility index (Phi) is 5.51. The molecule has 2 heterocycles. The smallest absolute Gasteiger partial charge is 0.306 e. The van der Waals surface area contributed by atoms with Crippen LogP contribution >= 0.6 is 0 Å². The number of ether oxygens (including phenoxy) is 4. The van der Waals surface area contributed by atoms with Gasteiger partial charge >= 0.3 is 5.97 Å². The van der Waals surface area contributed by atoms with E-state index in [2.05, 4.69) is 5.10 Å². The number of esters is 1. The van der Waals surface area contributed by atoms with Crippen molar-refractivity contribution in [3.8, 4) is 23.0 Å². The van der Waals surface area contributed by atoms with E-state index in [1.54, 1.807) is 16.9 Å². The quantitative estimate of drug-likeness (QED) is 0.329. The Hall–Kier alpha value is -4.07. The van der Waals surface area contributed by atoms with Crippen LogP contribution in [0.25, 0.3) is 10.9 Å². The Bertz CT molecular complexity index is 1480. The molecule has 1 aliphatic heterocycles. The number of aryl methyl sites for hydroxylation is 1. The van der Waals surface area contributed by atoms with E-state index in [1.165, 1.54) is 13.2 Å². The number of carbonyl (C=O) groups is 1. The first-order valence-electron chi connectivity index (χ1n) is 11.9. The molecule has 4 aromatic rings. The molecule has 3 aromatic carbocycles. The Balaban J connectivity index is 1.23. The average molecular weight is 489 g/mol. The summed E-state index contributed by atoms with van der Waals surface area (Å²) in [6.45, 7) is 0.417. The minimum Gasteiger partial charge on any atom is -0.492 e. The molecule has 2 unspecified atom stereocenters. The van der Waals surface area contributed by atoms with Crippen molar-refractivity contribution < 1.29 is 28.1 Å². The number of carbonyl (C=O) groups excluding carboxylic acids is 1. The molecule has 8 heteroatoms. The van der Waals surface area contributed by atoms with Gasteiger partial charge in [0.2, 0.25) is 0 Å². The van der Waals surface area contributed by atoms with E-state index in [1.807, 2.05) is 43.4 Å². The number of rotatable bonds is 6. The summed E-state index contributed by atoms with van der Waals surface area (Å²) < 4.78 is 39.8. The lowest BCUT2D eigenvalue weighted by Gasteiger charge is -2.17. The van der Waals surface area contributed by atoms with Gasteiger partial charge in [-0.25, -0.2) is 4.39 Å². The van der Waals surface area contributed by atoms with Gasteiger partial charge in [0, 0.05) is 47.2 Å². The van der Waals surface area contributed by atoms with Gasteiger partial charge in [0.1, 0.15) is 34.9 Å². The molecule has 0 N–H and O–H groups in total. The molecular formula is C28H25FN2O5. The number of aromatic nitrogens is 2. The monoisotopic (exact) mass is 488 g/mol. The lowest BCUT2D eigenvalue weighted by Crippen LogP contribution is -2.09. The summed E-state index contributed by atoms with van der Waals surface area (Å²) in [5, 5.41) is 5.30. The van der Waals surface area contributed by atoms with E-state index >= 15 is 0 Å². The molecule has 6 rings (SSSR count). The van der Waals surface area contributed by atoms with Crippen LogP contribution < -0.4 is 14.2 Å². The molecule has 0 radical (unpaired) electrons. The van der Waals surface area contributed by atoms with Gasteiger partial charge in [-0.1, -0.05) is 6.07 Å². The van der Waals surface area contributed by atoms with Crippen molar-refractivity contribution in [2.45, 2.75) is 31.3 Å². The number of fused-ring (bicyclic) bond motifs is 3. The van der Waals surface area contributed by atoms with Crippen LogP contribution in [0.5, 0.6) is 23.0 Å². The second-order valence-electron chi connectivity index (χ2n) is 9.16. The lowest BCUT2D eigenvalue weighted by atomic mass is 9.98. The van der Waals surface area contributed by atoms with E-state index in [9.17, 15) is 9.18 Å². The van der Waals surface area contributed by atoms with Gasteiger partial charge in [-0.05, 0) is 43.2 Å². The molecule has 0 saturated heterocycles. The van der Waals surface area contributed by atoms with Gasteiger partial charge in [-0.2, -0.15) is 5.10 Å². The van der Waals surface area contributed by atoms with E-state index in [-0.39, 0.29) is 24.1 Å². The molecule has 1 aliphatic carbocycles. The number of methoxy groups -OCH3 is 1. The summed E-state index contributed by atoms with van der Waals surface area (Å²) >= 11 is 0. The molecule has 7 nitrogen and oxygen atoms in total. The van der Waals surface area contributed by atoms with Crippen LogP contribution in [-0.4, -0.2) is 29.5 Å². The van der Waals surface area contributed by atoms with Crippen molar-refractivity contribution in [2.75, 3.05) is 13.7 Å². The highest BCUT2D eigenvalue weighted by Crippen LogP contribution is 2.44. The van der Waals surface area contributed by atoms with E-state index < -0.39 is 6.10 Å². The Morgan fingerprint density at radius 2 is 2.03 bits per heavy atom. The Morgan fingerprint density at radius 1 is 1.17 bits per heavy atom. The highest BCUT2D eigenvalue weighted by atomic mass is 19.1. The first kappa shape index (κ1) is 22.4. The van der Waals surface area contributed by atoms with E-state index in [0.717, 1.165) is 22.0 Å². The maximum Gasteiger partial charge on any atom is 0.306 e. The summed E-state index contributed by atoms with van der Waals surface area (Å²) in [5.74, 6) is 1.95. The highest BCUT2D eigenvalue weighted by Gasteiger charge is 2.32. The molecule has 0 fully saturated rings. The van der Waals surface area contributed by atoms with E-state index in [4.69, 9.17) is 18.9 Å². The predicted octanol–water partition coefficient (Wildman–Crippen LogP) is 5.61. The molecule has 36 heavy (non-hydrogen) atoms. The van der Waals surface area contributed by atoms with Crippen molar-refractivity contribution in [1.29, 1.82) is 0 Å². The second-order valence-corrected chi connectivity index (χ2v) is 9.16. The first-order valence-corrected chi connectivity index (χ1v) is 11.9. The van der Waals surface area contributed by atoms with E-state index in [0.29, 0.717) is 48.0 Å². The first-order chi connectivity index (χ1) is 17.5. The summed E-state index contributed by atoms with van der Waals surface area (Å²) in [5.41, 5.74) is 3.26. The van der Waals surface area contributed by atoms with Gasteiger partial charge in [0.15, 0.2) is 0 Å². The van der Waals surface area contributed by atoms with Gasteiger partial charge < -0.3 is 18.9 Å². The summed E-state index contributed by atoms with van der Waals surface area (Å²) in [6.07, 6.45) is 2.91. The van der Waals surface area contributed by atoms with Gasteiger partial charge in [0.05, 0.1) is 31.9 Å². The average Bonchev–Trinajstić information content (AvgIpc) is 3.59. The molecule has 0 amide bonds. The SMILES string of the molecule is COC(=O)CC1COc2cc(OC3CCc4c(Oc5ccc6cnn(C)c6c5)ccc(F)c43)ccc21. The fraction of sp³-hybridized carbons (Fsp3) is 0.286. The third-order valence-electron chi connectivity index (χ3n) is 6.97. The zero-order chi connectivity index (χ0) is 24.8. The van der Waals surface area contributed by atoms with Gasteiger partial charge in [0.25, 0.3) is 0 Å². The van der Waals surface area contributed by atoms with Crippen molar-refractivity contribution in [1.82, 2.24) is 9.78 Å². The van der Waals surface area contributed by atoms with Crippen LogP contribution in [-0.2, 0) is 23.0 Å². The van der Waals surface area contributed by atoms with Crippen LogP contribution in [0.2, 0.25) is 0 Å². The van der Waals surface area contributed by atoms with Crippen molar-refractivity contribution in [2.24, 2.45) is 7.05 Å². The van der Waals surface area contributed by atoms with Gasteiger partial charge in [-0.3, -0.25) is 9.48 Å². The largest absolute Gasteiger partial charge is 0.492 e. The van der Waals surface area contributed by atoms with Crippen molar-refractivity contribution in [3.05, 3.63) is 77.2 Å². The topological polar surface area (TPSA) is 71.8 Å². The predicted molar refractivity (Wildman–Crippen MR) is 130 cm³/mol. The molecule has 2 aliphatic rings. The minimum absolute atomic E-state index is 0.0450. The standard InChI is InChI=1S/C28H25FN2O5/c1-31-23-12-18(4-3-16(23)14-30-31)35-24-10-8-22(29)28-21(24)7-9-25(28)36-19-5-6-20-17(11-27(32)33-2)15-34-26(20)13-19/h3-6,8,10,12-14,17,25H,7,9,11,15H2,1-2H3. The third kappa shape index (κ3) is 3.92. The molecule has 0 bridgehead atoms. The zero-order valence-electron chi connectivity index (χ0n) is 20.0. The number of hydrogen-bond acceptors (Lipinski definition) is 6. The number of hydrogen-bond donors (Lipinski definition) is 0. The Morgan fingerprint density at radius 3 is 2.89 bits per heavy atom. The number of benzene rings is 3. The zero-order valence-corrected chi connectivity index (χ0v) is 20.0. The molecule has 0 spiro atoms. The van der Waals surface area contributed by atoms with Crippen LogP contribution in [0.1, 0.15) is 41.6 Å². The Labute approximate surface area is 207 Å². The highest BCUT2D eigenvalue weighted by molar-refractivity contribution is 5.80. The maximum absolute atomic E-state index is 15.0. The van der Waals surface area contributed by atoms with Gasteiger partial charge in [-0.15, -0.1) is 0 Å². The minimum atomic E-state index is -0.437. The van der Waals surface area contributed by atoms with Crippen molar-refractivity contribution >= 4 is 16.9 Å². The summed E-state index contributed by atoms with van der Waals surface area (Å²) in [7, 11) is 3.26. The maximum atomic E-state index is 15.0. The molecule has 184 valence electrons. The van der Waals surface area contributed by atoms with Crippen LogP contribution in [0.15, 0.2) is 54.7 Å². The van der Waals surface area contributed by atoms with Crippen molar-refractivity contribution in [3.63, 3.8) is 0 Å². The van der Waals surface area contributed by atoms with Crippen LogP contribution in [0.4, 0.5) is 4.39 Å². The normalized spacial score (nSPS) is 18.0.